The molecule has 0 bridgehead atoms. The van der Waals surface area contributed by atoms with E-state index < -0.39 is 35.7 Å². The van der Waals surface area contributed by atoms with Crippen molar-refractivity contribution in [2.45, 2.75) is 83.0 Å². The maximum absolute atomic E-state index is 14.4. The molecule has 3 rings (SSSR count). The number of halogens is 2. The summed E-state index contributed by atoms with van der Waals surface area (Å²) >= 11 is 11.9. The fourth-order valence-corrected chi connectivity index (χ4v) is 5.80. The summed E-state index contributed by atoms with van der Waals surface area (Å²) in [6.07, 6.45) is 2.88. The van der Waals surface area contributed by atoms with Crippen molar-refractivity contribution < 1.29 is 24.2 Å². The van der Waals surface area contributed by atoms with Crippen molar-refractivity contribution in [3.63, 3.8) is 0 Å². The van der Waals surface area contributed by atoms with Gasteiger partial charge in [0.05, 0.1) is 0 Å². The lowest BCUT2D eigenvalue weighted by atomic mass is 9.98. The average molecular weight is 621 g/mol. The predicted octanol–water partition coefficient (Wildman–Crippen LogP) is 5.87. The molecule has 0 heterocycles. The van der Waals surface area contributed by atoms with Gasteiger partial charge in [-0.1, -0.05) is 55.3 Å². The van der Waals surface area contributed by atoms with Crippen molar-refractivity contribution in [3.8, 4) is 0 Å². The quantitative estimate of drug-likeness (QED) is 0.256. The lowest BCUT2D eigenvalue weighted by Crippen LogP contribution is -2.58. The Balaban J connectivity index is 1.94. The van der Waals surface area contributed by atoms with Crippen LogP contribution in [-0.2, 0) is 27.2 Å². The molecular formula is C32H43Cl2N3O5. The van der Waals surface area contributed by atoms with Gasteiger partial charge in [-0.25, -0.2) is 9.59 Å². The summed E-state index contributed by atoms with van der Waals surface area (Å²) in [4.78, 5) is 43.6. The van der Waals surface area contributed by atoms with Crippen LogP contribution in [0.2, 0.25) is 0 Å². The molecule has 0 unspecified atom stereocenters. The Bertz CT molecular complexity index is 1140. The Morgan fingerprint density at radius 1 is 0.929 bits per heavy atom. The maximum Gasteiger partial charge on any atom is 0.408 e. The number of alkyl halides is 2. The molecule has 10 heteroatoms. The van der Waals surface area contributed by atoms with Crippen molar-refractivity contribution in [1.29, 1.82) is 0 Å². The van der Waals surface area contributed by atoms with E-state index in [9.17, 15) is 19.5 Å². The first-order valence-electron chi connectivity index (χ1n) is 14.6. The van der Waals surface area contributed by atoms with Crippen LogP contribution in [-0.4, -0.2) is 76.6 Å². The number of alkyl carbamates (subject to hydrolysis) is 1. The zero-order valence-electron chi connectivity index (χ0n) is 24.7. The number of carboxylic acids is 1. The zero-order valence-corrected chi connectivity index (χ0v) is 26.2. The number of hydrogen-bond acceptors (Lipinski definition) is 5. The van der Waals surface area contributed by atoms with Crippen molar-refractivity contribution in [2.24, 2.45) is 0 Å². The van der Waals surface area contributed by atoms with Gasteiger partial charge in [0, 0.05) is 49.4 Å². The topological polar surface area (TPSA) is 99.2 Å². The van der Waals surface area contributed by atoms with E-state index in [1.54, 1.807) is 20.8 Å². The lowest BCUT2D eigenvalue weighted by Gasteiger charge is -2.37. The number of hydrogen-bond donors (Lipinski definition) is 2. The lowest BCUT2D eigenvalue weighted by molar-refractivity contribution is -0.153. The second-order valence-electron chi connectivity index (χ2n) is 11.7. The molecule has 0 saturated heterocycles. The molecule has 1 saturated carbocycles. The smallest absolute Gasteiger partial charge is 0.408 e. The first-order valence-corrected chi connectivity index (χ1v) is 15.6. The minimum absolute atomic E-state index is 0.170. The van der Waals surface area contributed by atoms with Gasteiger partial charge in [-0.05, 0) is 56.9 Å². The first kappa shape index (κ1) is 33.5. The Kier molecular flexibility index (Phi) is 12.8. The van der Waals surface area contributed by atoms with Crippen LogP contribution in [0.25, 0.3) is 0 Å². The van der Waals surface area contributed by atoms with E-state index in [1.807, 2.05) is 54.6 Å². The second-order valence-corrected chi connectivity index (χ2v) is 12.4. The Labute approximate surface area is 259 Å². The van der Waals surface area contributed by atoms with Gasteiger partial charge in [-0.2, -0.15) is 0 Å². The number of carboxylic acid groups (broad SMARTS) is 1. The molecule has 2 atom stereocenters. The fraction of sp³-hybridized carbons (Fsp3) is 0.531. The number of rotatable bonds is 14. The van der Waals surface area contributed by atoms with Crippen LogP contribution in [0.4, 0.5) is 10.5 Å². The van der Waals surface area contributed by atoms with Crippen molar-refractivity contribution in [3.05, 3.63) is 65.7 Å². The number of carbonyl (C=O) groups is 3. The SMILES string of the molecule is CC(C)(C)OC(=O)N[C@@H](Cc1ccc(N(CCCl)CCCl)cc1)C(=O)N(C1CCCC1)[C@@H](Cc1ccccc1)C(=O)O. The highest BCUT2D eigenvalue weighted by Crippen LogP contribution is 2.28. The van der Waals surface area contributed by atoms with E-state index in [4.69, 9.17) is 27.9 Å². The highest BCUT2D eigenvalue weighted by Gasteiger charge is 2.40. The minimum atomic E-state index is -1.08. The molecule has 1 aliphatic rings. The van der Waals surface area contributed by atoms with Crippen LogP contribution < -0.4 is 10.2 Å². The third kappa shape index (κ3) is 10.1. The van der Waals surface area contributed by atoms with Crippen LogP contribution in [0, 0.1) is 0 Å². The van der Waals surface area contributed by atoms with Crippen molar-refractivity contribution >= 4 is 46.9 Å². The highest BCUT2D eigenvalue weighted by atomic mass is 35.5. The Morgan fingerprint density at radius 3 is 2.02 bits per heavy atom. The summed E-state index contributed by atoms with van der Waals surface area (Å²) in [5.41, 5.74) is 1.82. The fourth-order valence-electron chi connectivity index (χ4n) is 5.39. The first-order chi connectivity index (χ1) is 20.0. The van der Waals surface area contributed by atoms with Crippen molar-refractivity contribution in [2.75, 3.05) is 29.7 Å². The van der Waals surface area contributed by atoms with Gasteiger partial charge >= 0.3 is 12.1 Å². The Hall–Kier alpha value is -2.97. The van der Waals surface area contributed by atoms with Gasteiger partial charge in [-0.3, -0.25) is 4.79 Å². The monoisotopic (exact) mass is 619 g/mol. The number of carbonyl (C=O) groups excluding carboxylic acids is 2. The molecular weight excluding hydrogens is 577 g/mol. The molecule has 1 fully saturated rings. The Morgan fingerprint density at radius 2 is 1.50 bits per heavy atom. The molecule has 2 aromatic rings. The molecule has 42 heavy (non-hydrogen) atoms. The molecule has 2 amide bonds. The minimum Gasteiger partial charge on any atom is -0.480 e. The van der Waals surface area contributed by atoms with Gasteiger partial charge < -0.3 is 25.0 Å². The standard InChI is InChI=1S/C32H43Cl2N3O5/c1-32(2,3)42-31(41)35-27(21-24-13-15-25(16-14-24)36(19-17-33)20-18-34)29(38)37(26-11-7-8-12-26)28(30(39)40)22-23-9-5-4-6-10-23/h4-6,9-10,13-16,26-28H,7-8,11-12,17-22H2,1-3H3,(H,35,41)(H,39,40)/t27-,28-/m0/s1. The summed E-state index contributed by atoms with van der Waals surface area (Å²) in [5.74, 6) is -0.580. The van der Waals surface area contributed by atoms with Crippen LogP contribution in [0.15, 0.2) is 54.6 Å². The number of aliphatic carboxylic acids is 1. The summed E-state index contributed by atoms with van der Waals surface area (Å²) in [6, 6.07) is 14.7. The normalized spacial score (nSPS) is 15.1. The van der Waals surface area contributed by atoms with E-state index in [0.29, 0.717) is 24.8 Å². The largest absolute Gasteiger partial charge is 0.480 e. The van der Waals surface area contributed by atoms with E-state index in [2.05, 4.69) is 10.2 Å². The summed E-state index contributed by atoms with van der Waals surface area (Å²) < 4.78 is 5.50. The number of nitrogens with one attached hydrogen (secondary N) is 1. The third-order valence-electron chi connectivity index (χ3n) is 7.30. The number of anilines is 1. The molecule has 2 N–H and O–H groups in total. The highest BCUT2D eigenvalue weighted by molar-refractivity contribution is 6.18. The van der Waals surface area contributed by atoms with Gasteiger partial charge in [-0.15, -0.1) is 23.2 Å². The number of ether oxygens (including phenoxy) is 1. The molecule has 0 radical (unpaired) electrons. The van der Waals surface area contributed by atoms with Gasteiger partial charge in [0.1, 0.15) is 17.7 Å². The summed E-state index contributed by atoms with van der Waals surface area (Å²) in [5, 5.41) is 13.1. The van der Waals surface area contributed by atoms with E-state index in [1.165, 1.54) is 4.90 Å². The number of nitrogens with zero attached hydrogens (tertiary/aromatic N) is 2. The van der Waals surface area contributed by atoms with Gasteiger partial charge in [0.2, 0.25) is 5.91 Å². The molecule has 1 aliphatic carbocycles. The predicted molar refractivity (Wildman–Crippen MR) is 168 cm³/mol. The van der Waals surface area contributed by atoms with E-state index >= 15 is 0 Å². The maximum atomic E-state index is 14.4. The van der Waals surface area contributed by atoms with Gasteiger partial charge in [0.15, 0.2) is 0 Å². The molecule has 0 spiro atoms. The zero-order chi connectivity index (χ0) is 30.7. The molecule has 0 aliphatic heterocycles. The molecule has 0 aromatic heterocycles. The number of amides is 2. The van der Waals surface area contributed by atoms with Crippen LogP contribution >= 0.6 is 23.2 Å². The summed E-state index contributed by atoms with van der Waals surface area (Å²) in [6.45, 7) is 6.54. The summed E-state index contributed by atoms with van der Waals surface area (Å²) in [7, 11) is 0. The third-order valence-corrected chi connectivity index (χ3v) is 7.64. The van der Waals surface area contributed by atoms with Gasteiger partial charge in [0.25, 0.3) is 0 Å². The molecule has 2 aromatic carbocycles. The van der Waals surface area contributed by atoms with Crippen molar-refractivity contribution in [1.82, 2.24) is 10.2 Å². The molecule has 230 valence electrons. The average Bonchev–Trinajstić information content (AvgIpc) is 3.46. The van der Waals surface area contributed by atoms with Crippen LogP contribution in [0.1, 0.15) is 57.6 Å². The van der Waals surface area contributed by atoms with Crippen LogP contribution in [0.5, 0.6) is 0 Å². The van der Waals surface area contributed by atoms with E-state index in [-0.39, 0.29) is 18.9 Å². The molecule has 8 nitrogen and oxygen atoms in total. The van der Waals surface area contributed by atoms with Crippen LogP contribution in [0.3, 0.4) is 0 Å². The van der Waals surface area contributed by atoms with E-state index in [0.717, 1.165) is 42.5 Å². The second kappa shape index (κ2) is 16.0. The number of benzene rings is 2.